The van der Waals surface area contributed by atoms with Crippen molar-refractivity contribution < 1.29 is 19.1 Å². The lowest BCUT2D eigenvalue weighted by molar-refractivity contribution is -0.148. The number of nitrogens with zero attached hydrogens (tertiary/aromatic N) is 4. The molecule has 2 saturated heterocycles. The highest BCUT2D eigenvalue weighted by molar-refractivity contribution is 5.88. The third-order valence-corrected chi connectivity index (χ3v) is 6.15. The van der Waals surface area contributed by atoms with Crippen LogP contribution in [0.2, 0.25) is 0 Å². The molecule has 0 N–H and O–H groups in total. The van der Waals surface area contributed by atoms with Crippen LogP contribution in [0.15, 0.2) is 6.20 Å². The Balaban J connectivity index is 1.44. The van der Waals surface area contributed by atoms with E-state index in [0.29, 0.717) is 26.2 Å². The zero-order valence-electron chi connectivity index (χ0n) is 16.6. The fourth-order valence-electron chi connectivity index (χ4n) is 4.39. The lowest BCUT2D eigenvalue weighted by Crippen LogP contribution is -2.42. The molecule has 1 aromatic rings. The number of likely N-dealkylation sites (tertiary alicyclic amines) is 1. The summed E-state index contributed by atoms with van der Waals surface area (Å²) in [5.74, 6) is 0.174. The monoisotopic (exact) mass is 386 g/mol. The molecule has 0 aliphatic carbocycles. The van der Waals surface area contributed by atoms with E-state index in [1.54, 1.807) is 25.7 Å². The van der Waals surface area contributed by atoms with E-state index in [2.05, 4.69) is 4.98 Å². The van der Waals surface area contributed by atoms with Gasteiger partial charge >= 0.3 is 5.97 Å². The molecular formula is C20H26N4O4. The van der Waals surface area contributed by atoms with Crippen molar-refractivity contribution in [3.05, 3.63) is 23.3 Å². The molecule has 8 heteroatoms. The second-order valence-corrected chi connectivity index (χ2v) is 8.49. The highest BCUT2D eigenvalue weighted by atomic mass is 16.6. The predicted octanol–water partition coefficient (Wildman–Crippen LogP) is 1.04. The number of ether oxygens (including phenoxy) is 1. The first-order valence-corrected chi connectivity index (χ1v) is 9.85. The number of carbonyl (C=O) groups excluding carboxylic acids is 3. The fourth-order valence-corrected chi connectivity index (χ4v) is 4.39. The number of hydrogen-bond acceptors (Lipinski definition) is 6. The first kappa shape index (κ1) is 18.8. The van der Waals surface area contributed by atoms with Gasteiger partial charge in [-0.2, -0.15) is 0 Å². The lowest BCUT2D eigenvalue weighted by atomic mass is 9.89. The summed E-state index contributed by atoms with van der Waals surface area (Å²) in [6, 6.07) is 0. The van der Waals surface area contributed by atoms with Crippen LogP contribution in [-0.4, -0.2) is 62.8 Å². The number of fused-ring (bicyclic) bond motifs is 1. The first-order valence-electron chi connectivity index (χ1n) is 9.85. The van der Waals surface area contributed by atoms with Gasteiger partial charge in [-0.1, -0.05) is 0 Å². The van der Waals surface area contributed by atoms with Crippen molar-refractivity contribution in [3.63, 3.8) is 0 Å². The molecule has 0 spiro atoms. The van der Waals surface area contributed by atoms with Crippen molar-refractivity contribution >= 4 is 17.8 Å². The largest absolute Gasteiger partial charge is 0.459 e. The molecule has 2 amide bonds. The Kier molecular flexibility index (Phi) is 4.59. The summed E-state index contributed by atoms with van der Waals surface area (Å²) in [7, 11) is 0. The SMILES string of the molecule is CC(=O)N1CCc2nc([C@H]3CCN(C(=O)[C@@H]4CC(=O)OC4(C)C)C3)ncc2C1. The van der Waals surface area contributed by atoms with Gasteiger partial charge in [0.1, 0.15) is 11.4 Å². The molecule has 0 saturated carbocycles. The summed E-state index contributed by atoms with van der Waals surface area (Å²) in [4.78, 5) is 49.1. The van der Waals surface area contributed by atoms with Crippen LogP contribution >= 0.6 is 0 Å². The molecule has 2 fully saturated rings. The molecule has 150 valence electrons. The smallest absolute Gasteiger partial charge is 0.307 e. The van der Waals surface area contributed by atoms with Gasteiger partial charge in [-0.25, -0.2) is 9.97 Å². The van der Waals surface area contributed by atoms with Gasteiger partial charge in [0.15, 0.2) is 0 Å². The summed E-state index contributed by atoms with van der Waals surface area (Å²) in [6.45, 7) is 7.62. The average molecular weight is 386 g/mol. The van der Waals surface area contributed by atoms with E-state index in [1.807, 2.05) is 11.1 Å². The zero-order valence-corrected chi connectivity index (χ0v) is 16.6. The van der Waals surface area contributed by atoms with Crippen molar-refractivity contribution in [2.24, 2.45) is 5.92 Å². The Morgan fingerprint density at radius 1 is 1.25 bits per heavy atom. The number of hydrogen-bond donors (Lipinski definition) is 0. The third kappa shape index (κ3) is 3.36. The molecule has 4 heterocycles. The molecule has 0 aromatic carbocycles. The Labute approximate surface area is 164 Å². The number of amides is 2. The van der Waals surface area contributed by atoms with Gasteiger partial charge in [0.05, 0.1) is 18.0 Å². The normalized spacial score (nSPS) is 26.2. The van der Waals surface area contributed by atoms with E-state index in [9.17, 15) is 14.4 Å². The van der Waals surface area contributed by atoms with Gasteiger partial charge in [0.2, 0.25) is 11.8 Å². The molecule has 0 bridgehead atoms. The number of aromatic nitrogens is 2. The predicted molar refractivity (Wildman–Crippen MR) is 99.0 cm³/mol. The first-order chi connectivity index (χ1) is 13.2. The summed E-state index contributed by atoms with van der Waals surface area (Å²) in [5.41, 5.74) is 1.25. The Bertz CT molecular complexity index is 837. The highest BCUT2D eigenvalue weighted by Crippen LogP contribution is 2.36. The molecule has 1 aromatic heterocycles. The Hall–Kier alpha value is -2.51. The molecule has 3 aliphatic rings. The number of rotatable bonds is 2. The van der Waals surface area contributed by atoms with E-state index in [0.717, 1.165) is 29.9 Å². The van der Waals surface area contributed by atoms with E-state index in [4.69, 9.17) is 9.72 Å². The maximum absolute atomic E-state index is 12.9. The summed E-state index contributed by atoms with van der Waals surface area (Å²) >= 11 is 0. The number of carbonyl (C=O) groups is 3. The van der Waals surface area contributed by atoms with Gasteiger partial charge in [0.25, 0.3) is 0 Å². The van der Waals surface area contributed by atoms with Crippen LogP contribution in [0.4, 0.5) is 0 Å². The van der Waals surface area contributed by atoms with Crippen LogP contribution in [0.3, 0.4) is 0 Å². The van der Waals surface area contributed by atoms with Crippen LogP contribution in [-0.2, 0) is 32.1 Å². The van der Waals surface area contributed by atoms with Crippen molar-refractivity contribution in [1.29, 1.82) is 0 Å². The van der Waals surface area contributed by atoms with Gasteiger partial charge in [-0.3, -0.25) is 14.4 Å². The third-order valence-electron chi connectivity index (χ3n) is 6.15. The molecule has 0 unspecified atom stereocenters. The minimum atomic E-state index is -0.753. The molecular weight excluding hydrogens is 360 g/mol. The van der Waals surface area contributed by atoms with Crippen molar-refractivity contribution in [2.45, 2.75) is 58.1 Å². The molecule has 28 heavy (non-hydrogen) atoms. The second kappa shape index (κ2) is 6.83. The van der Waals surface area contributed by atoms with Gasteiger partial charge in [-0.15, -0.1) is 0 Å². The van der Waals surface area contributed by atoms with Gasteiger partial charge in [-0.05, 0) is 20.3 Å². The molecule has 2 atom stereocenters. The van der Waals surface area contributed by atoms with Crippen molar-refractivity contribution in [3.8, 4) is 0 Å². The molecule has 3 aliphatic heterocycles. The minimum Gasteiger partial charge on any atom is -0.459 e. The average Bonchev–Trinajstić information content (AvgIpc) is 3.24. The quantitative estimate of drug-likeness (QED) is 0.705. The standard InChI is InChI=1S/C20H26N4O4/c1-12(25)23-7-5-16-14(11-23)9-21-18(22-16)13-4-6-24(10-13)19(27)15-8-17(26)28-20(15,2)3/h9,13,15H,4-8,10-11H2,1-3H3/t13-,15-/m0/s1. The van der Waals surface area contributed by atoms with Crippen LogP contribution in [0.1, 0.15) is 56.6 Å². The zero-order chi connectivity index (χ0) is 20.1. The van der Waals surface area contributed by atoms with Gasteiger partial charge in [0, 0.05) is 57.2 Å². The van der Waals surface area contributed by atoms with Crippen LogP contribution in [0.25, 0.3) is 0 Å². The second-order valence-electron chi connectivity index (χ2n) is 8.49. The number of esters is 1. The fraction of sp³-hybridized carbons (Fsp3) is 0.650. The molecule has 8 nitrogen and oxygen atoms in total. The van der Waals surface area contributed by atoms with Crippen LogP contribution in [0, 0.1) is 5.92 Å². The summed E-state index contributed by atoms with van der Waals surface area (Å²) < 4.78 is 5.30. The van der Waals surface area contributed by atoms with E-state index in [1.165, 1.54) is 0 Å². The summed E-state index contributed by atoms with van der Waals surface area (Å²) in [5, 5.41) is 0. The van der Waals surface area contributed by atoms with E-state index < -0.39 is 11.5 Å². The number of cyclic esters (lactones) is 1. The molecule has 0 radical (unpaired) electrons. The highest BCUT2D eigenvalue weighted by Gasteiger charge is 2.48. The Morgan fingerprint density at radius 2 is 2.04 bits per heavy atom. The topological polar surface area (TPSA) is 92.7 Å². The van der Waals surface area contributed by atoms with E-state index in [-0.39, 0.29) is 30.1 Å². The van der Waals surface area contributed by atoms with Crippen molar-refractivity contribution in [1.82, 2.24) is 19.8 Å². The molecule has 4 rings (SSSR count). The lowest BCUT2D eigenvalue weighted by Gasteiger charge is -2.28. The summed E-state index contributed by atoms with van der Waals surface area (Å²) in [6.07, 6.45) is 3.51. The van der Waals surface area contributed by atoms with Crippen molar-refractivity contribution in [2.75, 3.05) is 19.6 Å². The minimum absolute atomic E-state index is 0.0200. The maximum Gasteiger partial charge on any atom is 0.307 e. The van der Waals surface area contributed by atoms with Crippen LogP contribution in [0.5, 0.6) is 0 Å². The van der Waals surface area contributed by atoms with Gasteiger partial charge < -0.3 is 14.5 Å². The van der Waals surface area contributed by atoms with Crippen LogP contribution < -0.4 is 0 Å². The Morgan fingerprint density at radius 3 is 2.71 bits per heavy atom. The van der Waals surface area contributed by atoms with E-state index >= 15 is 0 Å². The maximum atomic E-state index is 12.9.